The molecule has 2 aliphatic rings. The van der Waals surface area contributed by atoms with Gasteiger partial charge in [0.25, 0.3) is 0 Å². The van der Waals surface area contributed by atoms with E-state index in [2.05, 4.69) is 75.9 Å². The molecule has 0 radical (unpaired) electrons. The van der Waals surface area contributed by atoms with Crippen LogP contribution in [-0.4, -0.2) is 73.0 Å². The fourth-order valence-electron chi connectivity index (χ4n) is 6.82. The van der Waals surface area contributed by atoms with E-state index >= 15 is 0 Å². The standard InChI is InChI=1S/C38H49ClN4O2/c1-29(30-17-19-33(39)20-18-30)26-37(44)40-27-34-21-25-43(38(45)36(41-34)16-11-24-42-22-9-4-10-23-42)28-35(31-12-5-2-6-13-31)32-14-7-3-8-15-32/h2-3,5-8,12-15,17-20,29,34-36,41H,4,9-11,16,21-28H2,1H3,(H,40,44)/t29?,34-,36-/m0/s1. The molecule has 240 valence electrons. The lowest BCUT2D eigenvalue weighted by molar-refractivity contribution is -0.133. The van der Waals surface area contributed by atoms with Gasteiger partial charge in [-0.15, -0.1) is 0 Å². The second kappa shape index (κ2) is 16.9. The second-order valence-electron chi connectivity index (χ2n) is 12.9. The molecule has 6 nitrogen and oxygen atoms in total. The van der Waals surface area contributed by atoms with Gasteiger partial charge in [0.1, 0.15) is 0 Å². The number of carbonyl (C=O) groups is 2. The first-order valence-corrected chi connectivity index (χ1v) is 17.2. The predicted molar refractivity (Wildman–Crippen MR) is 184 cm³/mol. The maximum absolute atomic E-state index is 14.2. The predicted octanol–water partition coefficient (Wildman–Crippen LogP) is 6.61. The number of hydrogen-bond donors (Lipinski definition) is 2. The van der Waals surface area contributed by atoms with E-state index in [1.165, 1.54) is 30.4 Å². The Morgan fingerprint density at radius 2 is 1.53 bits per heavy atom. The molecule has 2 N–H and O–H groups in total. The van der Waals surface area contributed by atoms with Crippen molar-refractivity contribution >= 4 is 23.4 Å². The Labute approximate surface area is 274 Å². The first-order valence-electron chi connectivity index (χ1n) is 16.9. The van der Waals surface area contributed by atoms with Crippen LogP contribution in [0.5, 0.6) is 0 Å². The average molecular weight is 629 g/mol. The molecule has 7 heteroatoms. The topological polar surface area (TPSA) is 64.7 Å². The Balaban J connectivity index is 1.25. The number of nitrogens with zero attached hydrogens (tertiary/aromatic N) is 2. The lowest BCUT2D eigenvalue weighted by Crippen LogP contribution is -2.49. The monoisotopic (exact) mass is 628 g/mol. The van der Waals surface area contributed by atoms with Crippen LogP contribution in [0.1, 0.15) is 80.4 Å². The molecule has 5 rings (SSSR count). The average Bonchev–Trinajstić information content (AvgIpc) is 3.22. The van der Waals surface area contributed by atoms with Crippen LogP contribution in [0, 0.1) is 0 Å². The molecule has 45 heavy (non-hydrogen) atoms. The summed E-state index contributed by atoms with van der Waals surface area (Å²) in [6, 6.07) is 28.5. The maximum Gasteiger partial charge on any atom is 0.239 e. The fraction of sp³-hybridized carbons (Fsp3) is 0.474. The molecule has 2 fully saturated rings. The largest absolute Gasteiger partial charge is 0.355 e. The summed E-state index contributed by atoms with van der Waals surface area (Å²) < 4.78 is 0. The number of benzene rings is 3. The van der Waals surface area contributed by atoms with Gasteiger partial charge < -0.3 is 20.4 Å². The Kier molecular flexibility index (Phi) is 12.5. The summed E-state index contributed by atoms with van der Waals surface area (Å²) >= 11 is 6.05. The molecule has 0 spiro atoms. The summed E-state index contributed by atoms with van der Waals surface area (Å²) in [6.45, 7) is 7.23. The molecule has 2 aliphatic heterocycles. The summed E-state index contributed by atoms with van der Waals surface area (Å²) in [5.74, 6) is 0.394. The zero-order chi connectivity index (χ0) is 31.4. The zero-order valence-electron chi connectivity index (χ0n) is 26.7. The first kappa shape index (κ1) is 33.2. The van der Waals surface area contributed by atoms with Gasteiger partial charge in [0.05, 0.1) is 6.04 Å². The van der Waals surface area contributed by atoms with Gasteiger partial charge in [-0.3, -0.25) is 9.59 Å². The smallest absolute Gasteiger partial charge is 0.239 e. The number of halogens is 1. The van der Waals surface area contributed by atoms with Gasteiger partial charge in [-0.1, -0.05) is 97.7 Å². The molecule has 3 aromatic rings. The molecule has 3 atom stereocenters. The molecule has 2 saturated heterocycles. The normalized spacial score (nSPS) is 20.2. The number of piperidine rings is 1. The Morgan fingerprint density at radius 1 is 0.889 bits per heavy atom. The van der Waals surface area contributed by atoms with Crippen molar-refractivity contribution in [1.29, 1.82) is 0 Å². The molecule has 0 aromatic heterocycles. The first-order chi connectivity index (χ1) is 22.0. The van der Waals surface area contributed by atoms with Crippen LogP contribution in [0.4, 0.5) is 0 Å². The summed E-state index contributed by atoms with van der Waals surface area (Å²) in [5.41, 5.74) is 3.53. The van der Waals surface area contributed by atoms with E-state index in [1.54, 1.807) is 0 Å². The summed E-state index contributed by atoms with van der Waals surface area (Å²) in [4.78, 5) is 31.8. The summed E-state index contributed by atoms with van der Waals surface area (Å²) in [7, 11) is 0. The number of rotatable bonds is 13. The van der Waals surface area contributed by atoms with Crippen molar-refractivity contribution in [3.8, 4) is 0 Å². The molecule has 3 aromatic carbocycles. The third-order valence-corrected chi connectivity index (χ3v) is 9.75. The van der Waals surface area contributed by atoms with E-state index in [9.17, 15) is 9.59 Å². The van der Waals surface area contributed by atoms with Crippen molar-refractivity contribution < 1.29 is 9.59 Å². The van der Waals surface area contributed by atoms with Crippen molar-refractivity contribution in [2.75, 3.05) is 39.3 Å². The number of amides is 2. The highest BCUT2D eigenvalue weighted by Gasteiger charge is 2.32. The van der Waals surface area contributed by atoms with Crippen molar-refractivity contribution in [2.45, 2.75) is 75.8 Å². The highest BCUT2D eigenvalue weighted by molar-refractivity contribution is 6.30. The Bertz CT molecular complexity index is 1290. The van der Waals surface area contributed by atoms with Crippen LogP contribution in [0.3, 0.4) is 0 Å². The lowest BCUT2D eigenvalue weighted by atomic mass is 9.90. The Hall–Kier alpha value is -3.19. The van der Waals surface area contributed by atoms with Crippen LogP contribution in [0.25, 0.3) is 0 Å². The van der Waals surface area contributed by atoms with Crippen LogP contribution in [-0.2, 0) is 9.59 Å². The minimum atomic E-state index is -0.264. The van der Waals surface area contributed by atoms with Gasteiger partial charge in [0.15, 0.2) is 0 Å². The number of hydrogen-bond acceptors (Lipinski definition) is 4. The quantitative estimate of drug-likeness (QED) is 0.224. The third kappa shape index (κ3) is 9.90. The fourth-order valence-corrected chi connectivity index (χ4v) is 6.95. The molecular formula is C38H49ClN4O2. The minimum Gasteiger partial charge on any atom is -0.355 e. The van der Waals surface area contributed by atoms with Crippen molar-refractivity contribution in [2.24, 2.45) is 0 Å². The zero-order valence-corrected chi connectivity index (χ0v) is 27.4. The summed E-state index contributed by atoms with van der Waals surface area (Å²) in [5, 5.41) is 7.57. The van der Waals surface area contributed by atoms with Crippen molar-refractivity contribution in [3.05, 3.63) is 107 Å². The SMILES string of the molecule is CC(CC(=O)NC[C@@H]1CCN(CC(c2ccccc2)c2ccccc2)C(=O)[C@H](CCCN2CCCCC2)N1)c1ccc(Cl)cc1. The van der Waals surface area contributed by atoms with Gasteiger partial charge in [0.2, 0.25) is 11.8 Å². The minimum absolute atomic E-state index is 0.0284. The molecule has 0 bridgehead atoms. The van der Waals surface area contributed by atoms with Crippen molar-refractivity contribution in [1.82, 2.24) is 20.4 Å². The van der Waals surface area contributed by atoms with Gasteiger partial charge in [-0.2, -0.15) is 0 Å². The second-order valence-corrected chi connectivity index (χ2v) is 13.3. The Morgan fingerprint density at radius 3 is 2.18 bits per heavy atom. The van der Waals surface area contributed by atoms with E-state index < -0.39 is 0 Å². The maximum atomic E-state index is 14.2. The highest BCUT2D eigenvalue weighted by Crippen LogP contribution is 2.27. The van der Waals surface area contributed by atoms with E-state index in [0.717, 1.165) is 44.5 Å². The van der Waals surface area contributed by atoms with E-state index in [0.29, 0.717) is 31.1 Å². The van der Waals surface area contributed by atoms with Gasteiger partial charge >= 0.3 is 0 Å². The number of likely N-dealkylation sites (tertiary alicyclic amines) is 1. The van der Waals surface area contributed by atoms with Crippen LogP contribution in [0.2, 0.25) is 5.02 Å². The van der Waals surface area contributed by atoms with Crippen LogP contribution in [0.15, 0.2) is 84.9 Å². The highest BCUT2D eigenvalue weighted by atomic mass is 35.5. The molecule has 0 aliphatic carbocycles. The van der Waals surface area contributed by atoms with Crippen LogP contribution >= 0.6 is 11.6 Å². The molecular weight excluding hydrogens is 580 g/mol. The van der Waals surface area contributed by atoms with E-state index in [-0.39, 0.29) is 35.7 Å². The van der Waals surface area contributed by atoms with E-state index in [4.69, 9.17) is 11.6 Å². The number of nitrogens with one attached hydrogen (secondary N) is 2. The van der Waals surface area contributed by atoms with Crippen LogP contribution < -0.4 is 10.6 Å². The molecule has 0 saturated carbocycles. The van der Waals surface area contributed by atoms with Gasteiger partial charge in [-0.25, -0.2) is 0 Å². The van der Waals surface area contributed by atoms with Gasteiger partial charge in [0, 0.05) is 43.0 Å². The van der Waals surface area contributed by atoms with Crippen molar-refractivity contribution in [3.63, 3.8) is 0 Å². The van der Waals surface area contributed by atoms with Gasteiger partial charge in [-0.05, 0) is 86.5 Å². The lowest BCUT2D eigenvalue weighted by Gasteiger charge is -2.30. The molecule has 2 amide bonds. The molecule has 1 unspecified atom stereocenters. The third-order valence-electron chi connectivity index (χ3n) is 9.49. The van der Waals surface area contributed by atoms with E-state index in [1.807, 2.05) is 36.4 Å². The summed E-state index contributed by atoms with van der Waals surface area (Å²) in [6.07, 6.45) is 6.84. The number of carbonyl (C=O) groups excluding carboxylic acids is 2. The molecule has 2 heterocycles.